The summed E-state index contributed by atoms with van der Waals surface area (Å²) < 4.78 is 10.2. The average Bonchev–Trinajstić information content (AvgIpc) is 2.94. The van der Waals surface area contributed by atoms with Crippen molar-refractivity contribution in [2.45, 2.75) is 72.1 Å². The smallest absolute Gasteiger partial charge is 0.460 e. The van der Waals surface area contributed by atoms with E-state index in [4.69, 9.17) is 14.3 Å². The zero-order chi connectivity index (χ0) is 31.6. The number of nitrogens with zero attached hydrogens (tertiary/aromatic N) is 4. The van der Waals surface area contributed by atoms with Crippen molar-refractivity contribution in [3.05, 3.63) is 42.1 Å². The van der Waals surface area contributed by atoms with Gasteiger partial charge in [0.25, 0.3) is 5.91 Å². The van der Waals surface area contributed by atoms with Gasteiger partial charge in [-0.3, -0.25) is 14.4 Å². The molecule has 2 amide bonds. The Morgan fingerprint density at radius 1 is 1.00 bits per heavy atom. The molecule has 0 radical (unpaired) electrons. The number of rotatable bonds is 11. The Kier molecular flexibility index (Phi) is 11.8. The predicted octanol–water partition coefficient (Wildman–Crippen LogP) is 3.42. The fourth-order valence-electron chi connectivity index (χ4n) is 4.26. The van der Waals surface area contributed by atoms with E-state index in [9.17, 15) is 19.2 Å². The summed E-state index contributed by atoms with van der Waals surface area (Å²) in [4.78, 5) is 67.2. The fourth-order valence-corrected chi connectivity index (χ4v) is 4.26. The Morgan fingerprint density at radius 3 is 2.28 bits per heavy atom. The molecule has 1 saturated heterocycles. The van der Waals surface area contributed by atoms with Crippen molar-refractivity contribution in [1.29, 1.82) is 0 Å². The van der Waals surface area contributed by atoms with Gasteiger partial charge in [-0.1, -0.05) is 30.3 Å². The summed E-state index contributed by atoms with van der Waals surface area (Å²) in [5.41, 5.74) is 0.105. The van der Waals surface area contributed by atoms with Crippen LogP contribution < -0.4 is 10.6 Å². The summed E-state index contributed by atoms with van der Waals surface area (Å²) in [6.07, 6.45) is -0.873. The van der Waals surface area contributed by atoms with Crippen molar-refractivity contribution >= 4 is 29.8 Å². The van der Waals surface area contributed by atoms with E-state index < -0.39 is 29.7 Å². The number of anilines is 1. The van der Waals surface area contributed by atoms with Gasteiger partial charge in [0.1, 0.15) is 23.2 Å². The van der Waals surface area contributed by atoms with Gasteiger partial charge < -0.3 is 29.8 Å². The van der Waals surface area contributed by atoms with Gasteiger partial charge in [-0.05, 0) is 48.0 Å². The van der Waals surface area contributed by atoms with E-state index in [1.165, 1.54) is 11.1 Å². The maximum Gasteiger partial charge on any atom is 0.527 e. The molecule has 1 aromatic carbocycles. The molecule has 0 spiro atoms. The SMILES string of the molecule is CCOC(=O)ON1CCN(C(=O)[C@H](CCC(=O)OC(C)(C)C)NC(=O)c2cc(NC(C)C)nc(-c3ccccc3)n2)CC1. The van der Waals surface area contributed by atoms with Crippen molar-refractivity contribution in [2.24, 2.45) is 0 Å². The second-order valence-electron chi connectivity index (χ2n) is 11.3. The van der Waals surface area contributed by atoms with Gasteiger partial charge in [-0.25, -0.2) is 14.8 Å². The molecule has 0 aliphatic carbocycles. The van der Waals surface area contributed by atoms with Crippen molar-refractivity contribution in [1.82, 2.24) is 25.2 Å². The van der Waals surface area contributed by atoms with Crippen LogP contribution in [0.4, 0.5) is 10.6 Å². The summed E-state index contributed by atoms with van der Waals surface area (Å²) in [5.74, 6) is -0.623. The molecule has 234 valence electrons. The molecule has 1 aliphatic heterocycles. The Balaban J connectivity index is 1.80. The van der Waals surface area contributed by atoms with Gasteiger partial charge in [0.05, 0.1) is 19.7 Å². The summed E-state index contributed by atoms with van der Waals surface area (Å²) in [6, 6.07) is 9.80. The van der Waals surface area contributed by atoms with Crippen molar-refractivity contribution in [3.8, 4) is 11.4 Å². The minimum atomic E-state index is -1.03. The highest BCUT2D eigenvalue weighted by atomic mass is 16.8. The molecule has 2 N–H and O–H groups in total. The maximum atomic E-state index is 13.7. The molecule has 2 heterocycles. The van der Waals surface area contributed by atoms with E-state index in [1.807, 2.05) is 44.2 Å². The highest BCUT2D eigenvalue weighted by Gasteiger charge is 2.31. The van der Waals surface area contributed by atoms with Crippen LogP contribution in [0.25, 0.3) is 11.4 Å². The first kappa shape index (κ1) is 33.2. The number of hydrogen-bond donors (Lipinski definition) is 2. The van der Waals surface area contributed by atoms with Crippen LogP contribution in [0.15, 0.2) is 36.4 Å². The molecule has 13 nitrogen and oxygen atoms in total. The number of hydrogen-bond acceptors (Lipinski definition) is 11. The zero-order valence-electron chi connectivity index (χ0n) is 25.7. The summed E-state index contributed by atoms with van der Waals surface area (Å²) in [7, 11) is 0. The number of esters is 1. The number of nitrogens with one attached hydrogen (secondary N) is 2. The van der Waals surface area contributed by atoms with Crippen LogP contribution in [0.2, 0.25) is 0 Å². The number of carbonyl (C=O) groups is 4. The third-order valence-electron chi connectivity index (χ3n) is 6.10. The summed E-state index contributed by atoms with van der Waals surface area (Å²) in [5, 5.41) is 7.42. The Labute approximate surface area is 252 Å². The molecule has 0 bridgehead atoms. The van der Waals surface area contributed by atoms with Crippen LogP contribution in [0.5, 0.6) is 0 Å². The molecule has 13 heteroatoms. The quantitative estimate of drug-likeness (QED) is 0.366. The highest BCUT2D eigenvalue weighted by Crippen LogP contribution is 2.19. The molecule has 0 saturated carbocycles. The van der Waals surface area contributed by atoms with Crippen molar-refractivity contribution in [2.75, 3.05) is 38.1 Å². The lowest BCUT2D eigenvalue weighted by atomic mass is 10.1. The minimum absolute atomic E-state index is 0.0206. The standard InChI is InChI=1S/C30H42N6O7/c1-7-41-29(40)43-36-17-15-35(16-18-36)28(39)22(13-14-25(37)42-30(4,5)6)33-27(38)23-19-24(31-20(2)3)34-26(32-23)21-11-9-8-10-12-21/h8-12,19-20,22H,7,13-18H2,1-6H3,(H,33,38)(H,31,32,34)/t22-/m0/s1. The average molecular weight is 599 g/mol. The fraction of sp³-hybridized carbons (Fsp3) is 0.533. The Bertz CT molecular complexity index is 1260. The summed E-state index contributed by atoms with van der Waals surface area (Å²) >= 11 is 0. The molecule has 43 heavy (non-hydrogen) atoms. The molecule has 0 unspecified atom stereocenters. The monoisotopic (exact) mass is 598 g/mol. The number of carbonyl (C=O) groups excluding carboxylic acids is 4. The van der Waals surface area contributed by atoms with Crippen LogP contribution in [0.3, 0.4) is 0 Å². The van der Waals surface area contributed by atoms with Gasteiger partial charge in [0.2, 0.25) is 5.91 Å². The van der Waals surface area contributed by atoms with Gasteiger partial charge >= 0.3 is 12.1 Å². The van der Waals surface area contributed by atoms with E-state index in [0.29, 0.717) is 11.6 Å². The second kappa shape index (κ2) is 15.3. The second-order valence-corrected chi connectivity index (χ2v) is 11.3. The number of benzene rings is 1. The van der Waals surface area contributed by atoms with Crippen LogP contribution in [0, 0.1) is 0 Å². The van der Waals surface area contributed by atoms with Crippen molar-refractivity contribution < 1.29 is 33.5 Å². The molecule has 2 aromatic rings. The molecule has 3 rings (SSSR count). The van der Waals surface area contributed by atoms with E-state index in [0.717, 1.165) is 5.56 Å². The molecule has 1 fully saturated rings. The normalized spacial score (nSPS) is 14.5. The lowest BCUT2D eigenvalue weighted by molar-refractivity contribution is -0.158. The third-order valence-corrected chi connectivity index (χ3v) is 6.10. The molecule has 1 aliphatic rings. The lowest BCUT2D eigenvalue weighted by Gasteiger charge is -2.35. The molecular weight excluding hydrogens is 556 g/mol. The number of hydroxylamine groups is 2. The Morgan fingerprint density at radius 2 is 1.67 bits per heavy atom. The van der Waals surface area contributed by atoms with E-state index in [1.54, 1.807) is 32.6 Å². The lowest BCUT2D eigenvalue weighted by Crippen LogP contribution is -2.55. The van der Waals surface area contributed by atoms with E-state index >= 15 is 0 Å². The first-order valence-electron chi connectivity index (χ1n) is 14.5. The van der Waals surface area contributed by atoms with Crippen LogP contribution >= 0.6 is 0 Å². The van der Waals surface area contributed by atoms with Gasteiger partial charge in [-0.2, -0.15) is 0 Å². The Hall–Kier alpha value is -4.26. The number of piperazine rings is 1. The highest BCUT2D eigenvalue weighted by molar-refractivity contribution is 5.97. The minimum Gasteiger partial charge on any atom is -0.460 e. The van der Waals surface area contributed by atoms with Gasteiger partial charge in [0, 0.05) is 37.2 Å². The first-order valence-corrected chi connectivity index (χ1v) is 14.5. The molecule has 1 aromatic heterocycles. The zero-order valence-corrected chi connectivity index (χ0v) is 25.7. The predicted molar refractivity (Wildman–Crippen MR) is 159 cm³/mol. The molecular formula is C30H42N6O7. The van der Waals surface area contributed by atoms with E-state index in [-0.39, 0.29) is 63.3 Å². The van der Waals surface area contributed by atoms with Gasteiger partial charge in [-0.15, -0.1) is 5.06 Å². The largest absolute Gasteiger partial charge is 0.527 e. The van der Waals surface area contributed by atoms with Crippen molar-refractivity contribution in [3.63, 3.8) is 0 Å². The number of aromatic nitrogens is 2. The van der Waals surface area contributed by atoms with Crippen LogP contribution in [-0.2, 0) is 23.9 Å². The maximum absolute atomic E-state index is 13.7. The summed E-state index contributed by atoms with van der Waals surface area (Å²) in [6.45, 7) is 12.0. The third kappa shape index (κ3) is 10.8. The van der Waals surface area contributed by atoms with E-state index in [2.05, 4.69) is 20.6 Å². The number of amides is 2. The topological polar surface area (TPSA) is 152 Å². The van der Waals surface area contributed by atoms with Crippen LogP contribution in [-0.4, -0.2) is 94.3 Å². The number of ether oxygens (including phenoxy) is 2. The first-order chi connectivity index (χ1) is 20.3. The van der Waals surface area contributed by atoms with Crippen LogP contribution in [0.1, 0.15) is 64.9 Å². The van der Waals surface area contributed by atoms with Gasteiger partial charge in [0.15, 0.2) is 5.82 Å². The molecule has 1 atom stereocenters.